The molecule has 3 rings (SSSR count). The topological polar surface area (TPSA) is 96.5 Å². The Labute approximate surface area is 157 Å². The molecule has 7 heteroatoms. The molecule has 0 spiro atoms. The Morgan fingerprint density at radius 1 is 1.07 bits per heavy atom. The molecule has 0 unspecified atom stereocenters. The molecule has 2 aromatic carbocycles. The monoisotopic (exact) mass is 367 g/mol. The Balaban J connectivity index is 1.64. The Hall–Kier alpha value is -3.35. The maximum atomic E-state index is 12.3. The third-order valence-electron chi connectivity index (χ3n) is 4.52. The first-order valence-corrected chi connectivity index (χ1v) is 8.54. The molecule has 27 heavy (non-hydrogen) atoms. The molecular weight excluding hydrogens is 346 g/mol. The summed E-state index contributed by atoms with van der Waals surface area (Å²) in [7, 11) is 1.31. The highest BCUT2D eigenvalue weighted by Gasteiger charge is 2.28. The smallest absolute Gasteiger partial charge is 0.337 e. The van der Waals surface area contributed by atoms with Gasteiger partial charge in [0.1, 0.15) is 6.04 Å². The van der Waals surface area contributed by atoms with E-state index in [-0.39, 0.29) is 18.2 Å². The van der Waals surface area contributed by atoms with Crippen LogP contribution in [0, 0.1) is 13.8 Å². The van der Waals surface area contributed by atoms with Crippen molar-refractivity contribution in [1.29, 1.82) is 0 Å². The first kappa shape index (κ1) is 18.4. The minimum atomic E-state index is -0.658. The van der Waals surface area contributed by atoms with Crippen LogP contribution >= 0.6 is 0 Å². The molecule has 2 amide bonds. The number of benzene rings is 2. The Morgan fingerprint density at radius 2 is 1.70 bits per heavy atom. The van der Waals surface area contributed by atoms with E-state index in [1.54, 1.807) is 24.3 Å². The number of methoxy groups -OCH3 is 1. The number of esters is 1. The lowest BCUT2D eigenvalue weighted by atomic mass is 10.0. The summed E-state index contributed by atoms with van der Waals surface area (Å²) >= 11 is 0. The van der Waals surface area contributed by atoms with Gasteiger partial charge in [0.05, 0.1) is 30.5 Å². The average Bonchev–Trinajstić information content (AvgIpc) is 2.64. The van der Waals surface area contributed by atoms with Gasteiger partial charge in [-0.1, -0.05) is 0 Å². The fourth-order valence-corrected chi connectivity index (χ4v) is 2.86. The van der Waals surface area contributed by atoms with Crippen LogP contribution in [-0.4, -0.2) is 30.9 Å². The third kappa shape index (κ3) is 4.08. The van der Waals surface area contributed by atoms with Gasteiger partial charge < -0.3 is 20.7 Å². The van der Waals surface area contributed by atoms with Crippen molar-refractivity contribution in [3.8, 4) is 0 Å². The molecule has 3 N–H and O–H groups in total. The molecule has 1 heterocycles. The van der Waals surface area contributed by atoms with Gasteiger partial charge in [0.2, 0.25) is 11.8 Å². The van der Waals surface area contributed by atoms with Crippen LogP contribution in [0.15, 0.2) is 36.4 Å². The number of carbonyl (C=O) groups excluding carboxylic acids is 3. The highest BCUT2D eigenvalue weighted by atomic mass is 16.5. The van der Waals surface area contributed by atoms with E-state index in [1.165, 1.54) is 7.11 Å². The van der Waals surface area contributed by atoms with Crippen LogP contribution < -0.4 is 16.0 Å². The van der Waals surface area contributed by atoms with E-state index in [9.17, 15) is 14.4 Å². The van der Waals surface area contributed by atoms with Crippen LogP contribution in [0.4, 0.5) is 17.1 Å². The largest absolute Gasteiger partial charge is 0.465 e. The summed E-state index contributed by atoms with van der Waals surface area (Å²) in [6.45, 7) is 3.97. The molecule has 0 aliphatic carbocycles. The summed E-state index contributed by atoms with van der Waals surface area (Å²) in [6.07, 6.45) is -0.0169. The normalized spacial score (nSPS) is 15.2. The van der Waals surface area contributed by atoms with Gasteiger partial charge in [0, 0.05) is 5.69 Å². The number of hydrogen-bond donors (Lipinski definition) is 3. The molecule has 0 bridgehead atoms. The predicted molar refractivity (Wildman–Crippen MR) is 103 cm³/mol. The van der Waals surface area contributed by atoms with Crippen molar-refractivity contribution >= 4 is 34.8 Å². The number of ether oxygens (including phenoxy) is 1. The summed E-state index contributed by atoms with van der Waals surface area (Å²) in [6, 6.07) is 9.56. The van der Waals surface area contributed by atoms with E-state index in [0.717, 1.165) is 22.5 Å². The van der Waals surface area contributed by atoms with Crippen molar-refractivity contribution in [1.82, 2.24) is 0 Å². The SMILES string of the molecule is COC(=O)c1ccc(NC(=O)C[C@H]2Nc3cc(C)c(C)cc3NC2=O)cc1. The molecule has 1 atom stereocenters. The van der Waals surface area contributed by atoms with Crippen molar-refractivity contribution < 1.29 is 19.1 Å². The zero-order chi connectivity index (χ0) is 19.6. The molecule has 0 saturated heterocycles. The van der Waals surface area contributed by atoms with Gasteiger partial charge in [-0.3, -0.25) is 9.59 Å². The molecular formula is C20H21N3O4. The summed E-state index contributed by atoms with van der Waals surface area (Å²) in [5.41, 5.74) is 4.65. The lowest BCUT2D eigenvalue weighted by Crippen LogP contribution is -2.41. The first-order valence-electron chi connectivity index (χ1n) is 8.54. The lowest BCUT2D eigenvalue weighted by molar-refractivity contribution is -0.122. The number of amides is 2. The third-order valence-corrected chi connectivity index (χ3v) is 4.52. The Bertz CT molecular complexity index is 906. The summed E-state index contributed by atoms with van der Waals surface area (Å²) in [5.74, 6) is -0.997. The quantitative estimate of drug-likeness (QED) is 0.722. The maximum Gasteiger partial charge on any atom is 0.337 e. The minimum absolute atomic E-state index is 0.0169. The van der Waals surface area contributed by atoms with Crippen LogP contribution in [0.25, 0.3) is 0 Å². The number of anilines is 3. The number of nitrogens with one attached hydrogen (secondary N) is 3. The van der Waals surface area contributed by atoms with E-state index < -0.39 is 12.0 Å². The van der Waals surface area contributed by atoms with Gasteiger partial charge in [0.15, 0.2) is 0 Å². The number of aryl methyl sites for hydroxylation is 2. The number of hydrogen-bond acceptors (Lipinski definition) is 5. The van der Waals surface area contributed by atoms with Crippen LogP contribution in [0.1, 0.15) is 27.9 Å². The maximum absolute atomic E-state index is 12.3. The predicted octanol–water partition coefficient (Wildman–Crippen LogP) is 2.85. The summed E-state index contributed by atoms with van der Waals surface area (Å²) in [5, 5.41) is 8.70. The zero-order valence-corrected chi connectivity index (χ0v) is 15.4. The standard InChI is InChI=1S/C20H21N3O4/c1-11-8-15-16(9-12(11)2)23-19(25)17(22-15)10-18(24)21-14-6-4-13(5-7-14)20(26)27-3/h4-9,17,22H,10H2,1-3H3,(H,21,24)(H,23,25)/t17-/m1/s1. The van der Waals surface area contributed by atoms with E-state index in [1.807, 2.05) is 26.0 Å². The van der Waals surface area contributed by atoms with Crippen LogP contribution in [0.5, 0.6) is 0 Å². The van der Waals surface area contributed by atoms with Crippen molar-refractivity contribution in [2.75, 3.05) is 23.1 Å². The van der Waals surface area contributed by atoms with Gasteiger partial charge in [-0.2, -0.15) is 0 Å². The van der Waals surface area contributed by atoms with Gasteiger partial charge >= 0.3 is 5.97 Å². The van der Waals surface area contributed by atoms with Gasteiger partial charge in [-0.25, -0.2) is 4.79 Å². The fraction of sp³-hybridized carbons (Fsp3) is 0.250. The average molecular weight is 367 g/mol. The zero-order valence-electron chi connectivity index (χ0n) is 15.4. The molecule has 1 aliphatic heterocycles. The van der Waals surface area contributed by atoms with E-state index >= 15 is 0 Å². The molecule has 140 valence electrons. The second kappa shape index (κ2) is 7.49. The first-order chi connectivity index (χ1) is 12.9. The molecule has 0 radical (unpaired) electrons. The van der Waals surface area contributed by atoms with E-state index in [0.29, 0.717) is 11.3 Å². The van der Waals surface area contributed by atoms with Crippen molar-refractivity contribution in [2.24, 2.45) is 0 Å². The molecule has 7 nitrogen and oxygen atoms in total. The van der Waals surface area contributed by atoms with Gasteiger partial charge in [-0.15, -0.1) is 0 Å². The molecule has 2 aromatic rings. The molecule has 1 aliphatic rings. The highest BCUT2D eigenvalue weighted by Crippen LogP contribution is 2.30. The van der Waals surface area contributed by atoms with Gasteiger partial charge in [0.25, 0.3) is 0 Å². The lowest BCUT2D eigenvalue weighted by Gasteiger charge is -2.27. The van der Waals surface area contributed by atoms with Crippen molar-refractivity contribution in [2.45, 2.75) is 26.3 Å². The number of carbonyl (C=O) groups is 3. The number of rotatable bonds is 4. The Kier molecular flexibility index (Phi) is 5.12. The second-order valence-corrected chi connectivity index (χ2v) is 6.49. The summed E-state index contributed by atoms with van der Waals surface area (Å²) < 4.78 is 4.63. The van der Waals surface area contributed by atoms with Crippen LogP contribution in [-0.2, 0) is 14.3 Å². The molecule has 0 fully saturated rings. The minimum Gasteiger partial charge on any atom is -0.465 e. The molecule has 0 saturated carbocycles. The van der Waals surface area contributed by atoms with Crippen LogP contribution in [0.2, 0.25) is 0 Å². The highest BCUT2D eigenvalue weighted by molar-refractivity contribution is 6.06. The van der Waals surface area contributed by atoms with E-state index in [2.05, 4.69) is 20.7 Å². The fourth-order valence-electron chi connectivity index (χ4n) is 2.86. The Morgan fingerprint density at radius 3 is 2.33 bits per heavy atom. The van der Waals surface area contributed by atoms with E-state index in [4.69, 9.17) is 0 Å². The second-order valence-electron chi connectivity index (χ2n) is 6.49. The summed E-state index contributed by atoms with van der Waals surface area (Å²) in [4.78, 5) is 36.0. The number of fused-ring (bicyclic) bond motifs is 1. The van der Waals surface area contributed by atoms with Crippen molar-refractivity contribution in [3.05, 3.63) is 53.1 Å². The van der Waals surface area contributed by atoms with Crippen molar-refractivity contribution in [3.63, 3.8) is 0 Å². The van der Waals surface area contributed by atoms with Gasteiger partial charge in [-0.05, 0) is 61.4 Å². The van der Waals surface area contributed by atoms with Crippen LogP contribution in [0.3, 0.4) is 0 Å². The molecule has 0 aromatic heterocycles.